The molecular formula is C24H34N8O3S2. The third-order valence-corrected chi connectivity index (χ3v) is 7.77. The van der Waals surface area contributed by atoms with Crippen molar-refractivity contribution in [2.45, 2.75) is 51.6 Å². The average Bonchev–Trinajstić information content (AvgIpc) is 3.45. The Morgan fingerprint density at radius 2 is 1.89 bits per heavy atom. The molecule has 5 rings (SSSR count). The molecule has 0 bridgehead atoms. The second-order valence-corrected chi connectivity index (χ2v) is 10.6. The van der Waals surface area contributed by atoms with Crippen LogP contribution in [0, 0.1) is 12.8 Å². The van der Waals surface area contributed by atoms with Gasteiger partial charge in [-0.25, -0.2) is 17.1 Å². The zero-order chi connectivity index (χ0) is 24.6. The van der Waals surface area contributed by atoms with Gasteiger partial charge in [-0.1, -0.05) is 30.3 Å². The summed E-state index contributed by atoms with van der Waals surface area (Å²) in [6.07, 6.45) is 5.57. The Labute approximate surface area is 224 Å². The van der Waals surface area contributed by atoms with Crippen LogP contribution in [0.15, 0.2) is 47.6 Å². The summed E-state index contributed by atoms with van der Waals surface area (Å²) in [5.41, 5.74) is 1.26. The van der Waals surface area contributed by atoms with Crippen LogP contribution in [0.3, 0.4) is 0 Å². The molecular weight excluding hydrogens is 512 g/mol. The molecule has 1 saturated carbocycles. The minimum absolute atomic E-state index is 0. The smallest absolute Gasteiger partial charge is 0.269 e. The van der Waals surface area contributed by atoms with Crippen LogP contribution in [0.25, 0.3) is 11.0 Å². The molecule has 37 heavy (non-hydrogen) atoms. The summed E-state index contributed by atoms with van der Waals surface area (Å²) in [5, 5.41) is 15.3. The molecule has 0 aliphatic heterocycles. The Hall–Kier alpha value is -3.16. The molecule has 0 spiro atoms. The SMILES string of the molecule is C.COCCn1cc(Nc2nc(N[C@@H](C)C3CC3)c3ccn(S(=O)(=O)c4ccc(C)cc4)c3n2)nn1.S. The Balaban J connectivity index is 0.00000190. The lowest BCUT2D eigenvalue weighted by atomic mass is 10.2. The first-order valence-electron chi connectivity index (χ1n) is 11.5. The molecule has 3 aromatic heterocycles. The van der Waals surface area contributed by atoms with E-state index in [1.807, 2.05) is 6.92 Å². The summed E-state index contributed by atoms with van der Waals surface area (Å²) < 4.78 is 34.9. The molecule has 1 aromatic carbocycles. The fraction of sp³-hybridized carbons (Fsp3) is 0.417. The monoisotopic (exact) mass is 546 g/mol. The maximum Gasteiger partial charge on any atom is 0.269 e. The van der Waals surface area contributed by atoms with E-state index in [1.54, 1.807) is 48.3 Å². The number of ether oxygens (including phenoxy) is 1. The van der Waals surface area contributed by atoms with E-state index in [2.05, 4.69) is 37.8 Å². The minimum atomic E-state index is -3.86. The van der Waals surface area contributed by atoms with Crippen molar-refractivity contribution in [1.82, 2.24) is 28.9 Å². The molecule has 0 amide bonds. The maximum absolute atomic E-state index is 13.5. The lowest BCUT2D eigenvalue weighted by Crippen LogP contribution is -2.19. The molecule has 1 fully saturated rings. The largest absolute Gasteiger partial charge is 0.383 e. The van der Waals surface area contributed by atoms with Gasteiger partial charge >= 0.3 is 0 Å². The van der Waals surface area contributed by atoms with E-state index in [-0.39, 0.29) is 43.5 Å². The van der Waals surface area contributed by atoms with Crippen LogP contribution in [-0.4, -0.2) is 57.1 Å². The predicted molar refractivity (Wildman–Crippen MR) is 149 cm³/mol. The molecule has 1 atom stereocenters. The topological polar surface area (TPSA) is 129 Å². The number of benzene rings is 1. The van der Waals surface area contributed by atoms with Crippen molar-refractivity contribution in [3.05, 3.63) is 48.3 Å². The van der Waals surface area contributed by atoms with Gasteiger partial charge in [-0.05, 0) is 50.8 Å². The summed E-state index contributed by atoms with van der Waals surface area (Å²) >= 11 is 0. The van der Waals surface area contributed by atoms with Crippen molar-refractivity contribution in [2.24, 2.45) is 5.92 Å². The van der Waals surface area contributed by atoms with Crippen molar-refractivity contribution in [3.63, 3.8) is 0 Å². The summed E-state index contributed by atoms with van der Waals surface area (Å²) in [5.74, 6) is 1.82. The Kier molecular flexibility index (Phi) is 8.82. The van der Waals surface area contributed by atoms with Gasteiger partial charge in [0.2, 0.25) is 5.95 Å². The first kappa shape index (κ1) is 28.4. The molecule has 1 aliphatic rings. The second kappa shape index (κ2) is 11.5. The zero-order valence-corrected chi connectivity index (χ0v) is 22.2. The number of nitrogens with zero attached hydrogens (tertiary/aromatic N) is 6. The number of rotatable bonds is 10. The van der Waals surface area contributed by atoms with Crippen LogP contribution < -0.4 is 10.6 Å². The van der Waals surface area contributed by atoms with E-state index in [1.165, 1.54) is 23.0 Å². The van der Waals surface area contributed by atoms with E-state index in [0.717, 1.165) is 5.56 Å². The number of nitrogens with one attached hydrogen (secondary N) is 2. The fourth-order valence-corrected chi connectivity index (χ4v) is 5.16. The van der Waals surface area contributed by atoms with Crippen molar-refractivity contribution in [3.8, 4) is 0 Å². The van der Waals surface area contributed by atoms with Gasteiger partial charge < -0.3 is 15.4 Å². The van der Waals surface area contributed by atoms with Crippen LogP contribution in [0.1, 0.15) is 32.8 Å². The van der Waals surface area contributed by atoms with Crippen molar-refractivity contribution in [2.75, 3.05) is 24.4 Å². The van der Waals surface area contributed by atoms with Gasteiger partial charge in [-0.15, -0.1) is 5.10 Å². The van der Waals surface area contributed by atoms with Crippen LogP contribution in [0.4, 0.5) is 17.6 Å². The van der Waals surface area contributed by atoms with Crippen molar-refractivity contribution in [1.29, 1.82) is 0 Å². The number of hydrogen-bond donors (Lipinski definition) is 2. The van der Waals surface area contributed by atoms with Crippen LogP contribution in [0.2, 0.25) is 0 Å². The molecule has 11 nitrogen and oxygen atoms in total. The van der Waals surface area contributed by atoms with Crippen LogP contribution in [-0.2, 0) is 21.3 Å². The van der Waals surface area contributed by atoms with Crippen LogP contribution >= 0.6 is 13.5 Å². The van der Waals surface area contributed by atoms with E-state index in [4.69, 9.17) is 4.74 Å². The molecule has 200 valence electrons. The predicted octanol–water partition coefficient (Wildman–Crippen LogP) is 3.92. The van der Waals surface area contributed by atoms with Gasteiger partial charge in [-0.2, -0.15) is 23.5 Å². The number of aryl methyl sites for hydroxylation is 1. The van der Waals surface area contributed by atoms with E-state index < -0.39 is 10.0 Å². The van der Waals surface area contributed by atoms with Crippen molar-refractivity contribution >= 4 is 52.1 Å². The highest BCUT2D eigenvalue weighted by Crippen LogP contribution is 2.35. The Bertz CT molecular complexity index is 1450. The molecule has 0 saturated heterocycles. The van der Waals surface area contributed by atoms with E-state index in [9.17, 15) is 8.42 Å². The number of anilines is 3. The van der Waals surface area contributed by atoms with Crippen molar-refractivity contribution < 1.29 is 13.2 Å². The summed E-state index contributed by atoms with van der Waals surface area (Å²) in [6.45, 7) is 5.08. The van der Waals surface area contributed by atoms with Gasteiger partial charge in [-0.3, -0.25) is 0 Å². The third-order valence-electron chi connectivity index (χ3n) is 6.09. The van der Waals surface area contributed by atoms with Gasteiger partial charge in [0.25, 0.3) is 10.0 Å². The first-order valence-corrected chi connectivity index (χ1v) is 12.9. The van der Waals surface area contributed by atoms with Gasteiger partial charge in [0.05, 0.1) is 29.6 Å². The molecule has 2 N–H and O–H groups in total. The molecule has 1 aliphatic carbocycles. The van der Waals surface area contributed by atoms with E-state index >= 15 is 0 Å². The fourth-order valence-electron chi connectivity index (χ4n) is 3.87. The summed E-state index contributed by atoms with van der Waals surface area (Å²) in [6, 6.07) is 8.68. The summed E-state index contributed by atoms with van der Waals surface area (Å²) in [7, 11) is -2.24. The Morgan fingerprint density at radius 1 is 1.16 bits per heavy atom. The van der Waals surface area contributed by atoms with Gasteiger partial charge in [0, 0.05) is 19.3 Å². The molecule has 4 aromatic rings. The van der Waals surface area contributed by atoms with E-state index in [0.29, 0.717) is 36.1 Å². The summed E-state index contributed by atoms with van der Waals surface area (Å²) in [4.78, 5) is 9.40. The van der Waals surface area contributed by atoms with Crippen LogP contribution in [0.5, 0.6) is 0 Å². The van der Waals surface area contributed by atoms with Gasteiger partial charge in [0.1, 0.15) is 5.82 Å². The normalized spacial score (nSPS) is 14.0. The third kappa shape index (κ3) is 6.05. The zero-order valence-electron chi connectivity index (χ0n) is 20.3. The standard InChI is InChI=1S/C23H28N8O3S.CH4.H2S/c1-15-4-8-18(9-5-15)35(32,33)31-11-10-19-21(24-16(2)17-6-7-17)26-23(27-22(19)31)25-20-14-30(29-28-20)12-13-34-3;;/h4-5,8-11,14,16-17H,6-7,12-13H2,1-3H3,(H2,24,25,26,27);1H4;1H2/t16-;;/m0../s1. The second-order valence-electron chi connectivity index (χ2n) is 8.82. The maximum atomic E-state index is 13.5. The highest BCUT2D eigenvalue weighted by Gasteiger charge is 2.29. The molecule has 0 radical (unpaired) electrons. The minimum Gasteiger partial charge on any atom is -0.383 e. The molecule has 13 heteroatoms. The van der Waals surface area contributed by atoms with Gasteiger partial charge in [0.15, 0.2) is 11.5 Å². The number of hydrogen-bond acceptors (Lipinski definition) is 9. The lowest BCUT2D eigenvalue weighted by Gasteiger charge is -2.15. The Morgan fingerprint density at radius 3 is 2.57 bits per heavy atom. The highest BCUT2D eigenvalue weighted by molar-refractivity contribution is 7.90. The number of aromatic nitrogens is 6. The first-order chi connectivity index (χ1) is 16.8. The quantitative estimate of drug-likeness (QED) is 0.304. The highest BCUT2D eigenvalue weighted by atomic mass is 32.2. The average molecular weight is 547 g/mol. The lowest BCUT2D eigenvalue weighted by molar-refractivity contribution is 0.183. The molecule has 3 heterocycles. The number of fused-ring (bicyclic) bond motifs is 1. The molecule has 0 unspecified atom stereocenters. The number of methoxy groups -OCH3 is 1.